The van der Waals surface area contributed by atoms with E-state index in [9.17, 15) is 0 Å². The van der Waals surface area contributed by atoms with Gasteiger partial charge in [-0.2, -0.15) is 11.1 Å². The number of benzene rings is 3. The van der Waals surface area contributed by atoms with Gasteiger partial charge in [-0.05, 0) is 57.1 Å². The van der Waals surface area contributed by atoms with Crippen molar-refractivity contribution in [2.45, 2.75) is 74.3 Å². The van der Waals surface area contributed by atoms with E-state index in [1.807, 2.05) is 0 Å². The quantitative estimate of drug-likeness (QED) is 0.179. The molecule has 0 aliphatic heterocycles. The first-order valence-electron chi connectivity index (χ1n) is 12.4. The molecule has 0 N–H and O–H groups in total. The maximum absolute atomic E-state index is 4.09. The van der Waals surface area contributed by atoms with Gasteiger partial charge in [0.25, 0.3) is 0 Å². The Morgan fingerprint density at radius 1 is 0.500 bits per heavy atom. The Balaban J connectivity index is 0.00000342. The Hall–Kier alpha value is -1.06. The van der Waals surface area contributed by atoms with E-state index in [1.54, 1.807) is 0 Å². The van der Waals surface area contributed by atoms with Gasteiger partial charge in [0.2, 0.25) is 0 Å². The summed E-state index contributed by atoms with van der Waals surface area (Å²) in [6.45, 7) is 22.8. The van der Waals surface area contributed by atoms with Crippen molar-refractivity contribution < 1.29 is 58.9 Å². The fourth-order valence-corrected chi connectivity index (χ4v) is 13.1. The largest absolute Gasteiger partial charge is 4.00 e. The Kier molecular flexibility index (Phi) is 13.2. The number of hydrogen-bond acceptors (Lipinski definition) is 0. The van der Waals surface area contributed by atoms with Crippen molar-refractivity contribution in [1.29, 1.82) is 0 Å². The van der Waals surface area contributed by atoms with E-state index in [1.165, 1.54) is 65.7 Å². The first-order chi connectivity index (χ1) is 15.9. The fourth-order valence-electron chi connectivity index (χ4n) is 6.53. The van der Waals surface area contributed by atoms with Gasteiger partial charge in [-0.3, -0.25) is 6.08 Å². The summed E-state index contributed by atoms with van der Waals surface area (Å²) in [5.41, 5.74) is 12.2. The summed E-state index contributed by atoms with van der Waals surface area (Å²) in [6, 6.07) is 21.7. The van der Waals surface area contributed by atoms with Gasteiger partial charge in [0.15, 0.2) is 0 Å². The number of hydrogen-bond donors (Lipinski definition) is 0. The van der Waals surface area contributed by atoms with Crippen molar-refractivity contribution in [2.75, 3.05) is 0 Å². The molecule has 1 aliphatic carbocycles. The molecular formula is C33H39Cl3SiTi. The molecule has 4 rings (SSSR count). The first-order valence-corrected chi connectivity index (χ1v) is 14.4. The number of halogens is 3. The second kappa shape index (κ2) is 13.5. The summed E-state index contributed by atoms with van der Waals surface area (Å²) in [5, 5.41) is 4.26. The van der Waals surface area contributed by atoms with Crippen LogP contribution in [0.2, 0.25) is 5.04 Å². The van der Waals surface area contributed by atoms with E-state index in [0.717, 1.165) is 0 Å². The third-order valence-corrected chi connectivity index (χ3v) is 13.5. The van der Waals surface area contributed by atoms with Crippen LogP contribution < -0.4 is 52.8 Å². The van der Waals surface area contributed by atoms with Crippen LogP contribution in [0.1, 0.15) is 61.1 Å². The molecule has 0 aromatic heterocycles. The molecule has 0 spiro atoms. The Morgan fingerprint density at radius 3 is 0.974 bits per heavy atom. The fraction of sp³-hybridized carbons (Fsp3) is 0.333. The smallest absolute Gasteiger partial charge is 1.00 e. The molecule has 0 saturated carbocycles. The molecule has 38 heavy (non-hydrogen) atoms. The minimum absolute atomic E-state index is 0. The Bertz CT molecular complexity index is 1190. The zero-order valence-electron chi connectivity index (χ0n) is 24.3. The van der Waals surface area contributed by atoms with Gasteiger partial charge in [0.1, 0.15) is 8.07 Å². The van der Waals surface area contributed by atoms with Gasteiger partial charge < -0.3 is 37.2 Å². The van der Waals surface area contributed by atoms with Crippen molar-refractivity contribution in [2.24, 2.45) is 0 Å². The number of rotatable bonds is 4. The maximum Gasteiger partial charge on any atom is 4.00 e. The molecule has 0 radical (unpaired) electrons. The van der Waals surface area contributed by atoms with E-state index >= 15 is 0 Å². The summed E-state index contributed by atoms with van der Waals surface area (Å²) in [5.74, 6) is 0. The van der Waals surface area contributed by atoms with Gasteiger partial charge >= 0.3 is 21.7 Å². The molecule has 3 aromatic carbocycles. The summed E-state index contributed by atoms with van der Waals surface area (Å²) in [6.07, 6.45) is 4.09. The summed E-state index contributed by atoms with van der Waals surface area (Å²) >= 11 is 0. The molecule has 3 aromatic rings. The van der Waals surface area contributed by atoms with Crippen molar-refractivity contribution in [3.63, 3.8) is 0 Å². The normalized spacial score (nSPS) is 16.5. The van der Waals surface area contributed by atoms with Crippen LogP contribution in [-0.4, -0.2) is 8.07 Å². The second-order valence-corrected chi connectivity index (χ2v) is 15.2. The van der Waals surface area contributed by atoms with Crippen molar-refractivity contribution in [3.8, 4) is 0 Å². The van der Waals surface area contributed by atoms with Crippen LogP contribution in [-0.2, 0) is 21.7 Å². The summed E-state index contributed by atoms with van der Waals surface area (Å²) < 4.78 is 0. The van der Waals surface area contributed by atoms with Crippen LogP contribution in [0.5, 0.6) is 0 Å². The molecule has 0 heterocycles. The van der Waals surface area contributed by atoms with Crippen LogP contribution in [0.4, 0.5) is 0 Å². The van der Waals surface area contributed by atoms with Crippen LogP contribution in [0, 0.1) is 47.6 Å². The SMILES string of the molecule is CC1=[C-]C(C)([Si](c2cc(C)cc(C)c2)(c2cc(C)cc(C)c2)c2cc(C)cc(C)c2)C(C)=C1C.[Cl-].[Cl-].[Cl-].[Ti+4]. The molecule has 0 nitrogen and oxygen atoms in total. The maximum atomic E-state index is 4.09. The molecule has 1 atom stereocenters. The van der Waals surface area contributed by atoms with E-state index in [2.05, 4.69) is 130 Å². The van der Waals surface area contributed by atoms with E-state index in [-0.39, 0.29) is 64.0 Å². The number of aryl methyl sites for hydroxylation is 6. The topological polar surface area (TPSA) is 0 Å². The zero-order valence-corrected chi connectivity index (χ0v) is 29.2. The minimum Gasteiger partial charge on any atom is -1.00 e. The summed E-state index contributed by atoms with van der Waals surface area (Å²) in [4.78, 5) is 0. The van der Waals surface area contributed by atoms with Gasteiger partial charge in [-0.15, -0.1) is 6.92 Å². The molecule has 1 aliphatic rings. The molecular weight excluding hydrogens is 579 g/mol. The third kappa shape index (κ3) is 6.14. The first kappa shape index (κ1) is 36.9. The summed E-state index contributed by atoms with van der Waals surface area (Å²) in [7, 11) is -2.64. The Labute approximate surface area is 265 Å². The molecule has 0 amide bonds. The van der Waals surface area contributed by atoms with Crippen LogP contribution in [0.3, 0.4) is 0 Å². The predicted octanol–water partition coefficient (Wildman–Crippen LogP) is -2.12. The second-order valence-electron chi connectivity index (χ2n) is 11.0. The van der Waals surface area contributed by atoms with E-state index in [0.29, 0.717) is 0 Å². The monoisotopic (exact) mass is 616 g/mol. The van der Waals surface area contributed by atoms with Gasteiger partial charge in [-0.25, -0.2) is 5.57 Å². The van der Waals surface area contributed by atoms with Crippen molar-refractivity contribution in [1.82, 2.24) is 0 Å². The average Bonchev–Trinajstić information content (AvgIpc) is 2.90. The van der Waals surface area contributed by atoms with Crippen molar-refractivity contribution >= 4 is 23.6 Å². The van der Waals surface area contributed by atoms with Gasteiger partial charge in [0, 0.05) is 0 Å². The van der Waals surface area contributed by atoms with Crippen LogP contribution in [0.15, 0.2) is 71.3 Å². The molecule has 0 saturated heterocycles. The zero-order chi connectivity index (χ0) is 25.0. The standard InChI is InChI=1S/C33H39Si.3ClH.Ti/c1-21-11-22(2)15-30(14-21)34(31-16-23(3)12-24(4)17-31,32-18-25(5)13-26(6)19-32)33(10)20-27(7)28(8)29(33)9;;;;/h11-19H,1-10H3;3*1H;/q-1;;;;+4/p-3. The van der Waals surface area contributed by atoms with Crippen LogP contribution in [0.25, 0.3) is 0 Å². The molecule has 200 valence electrons. The molecule has 0 bridgehead atoms. The van der Waals surface area contributed by atoms with Gasteiger partial charge in [0.05, 0.1) is 0 Å². The average molecular weight is 618 g/mol. The van der Waals surface area contributed by atoms with Crippen molar-refractivity contribution in [3.05, 3.63) is 111 Å². The third-order valence-electron chi connectivity index (χ3n) is 8.03. The van der Waals surface area contributed by atoms with Gasteiger partial charge in [-0.1, -0.05) is 114 Å². The van der Waals surface area contributed by atoms with E-state index in [4.69, 9.17) is 0 Å². The molecule has 0 fully saturated rings. The predicted molar refractivity (Wildman–Crippen MR) is 152 cm³/mol. The number of allylic oxidation sites excluding steroid dienone is 4. The molecule has 5 heteroatoms. The van der Waals surface area contributed by atoms with Crippen LogP contribution >= 0.6 is 0 Å². The van der Waals surface area contributed by atoms with E-state index < -0.39 is 8.07 Å². The molecule has 1 unspecified atom stereocenters. The minimum atomic E-state index is -2.64. The Morgan fingerprint density at radius 2 is 0.763 bits per heavy atom.